The first-order valence-electron chi connectivity index (χ1n) is 6.99. The average molecular weight is 230 g/mol. The molecule has 0 bridgehead atoms. The lowest BCUT2D eigenvalue weighted by Crippen LogP contribution is -2.34. The predicted molar refractivity (Wildman–Crippen MR) is 72.5 cm³/mol. The quantitative estimate of drug-likeness (QED) is 0.833. The number of hydrogen-bond donors (Lipinski definition) is 2. The van der Waals surface area contributed by atoms with Gasteiger partial charge in [-0.05, 0) is 24.5 Å². The highest BCUT2D eigenvalue weighted by atomic mass is 15.0. The summed E-state index contributed by atoms with van der Waals surface area (Å²) in [6.45, 7) is 2.23. The van der Waals surface area contributed by atoms with Gasteiger partial charge < -0.3 is 10.6 Å². The molecule has 1 aliphatic heterocycles. The first-order chi connectivity index (χ1) is 8.43. The van der Waals surface area contributed by atoms with Crippen LogP contribution in [0.25, 0.3) is 0 Å². The lowest BCUT2D eigenvalue weighted by molar-refractivity contribution is 0.367. The van der Waals surface area contributed by atoms with E-state index in [0.717, 1.165) is 19.1 Å². The van der Waals surface area contributed by atoms with Crippen LogP contribution in [-0.4, -0.2) is 19.1 Å². The Balaban J connectivity index is 1.56. The molecule has 2 N–H and O–H groups in total. The standard InChI is InChI=1S/C15H22N2/c1-2-6-13(7-3-1)16-10-12-11-17-15-9-5-4-8-14(12)15/h4-5,8-9,12-13,16-17H,1-3,6-7,10-11H2. The maximum Gasteiger partial charge on any atom is 0.0376 e. The van der Waals surface area contributed by atoms with E-state index in [9.17, 15) is 0 Å². The van der Waals surface area contributed by atoms with Gasteiger partial charge in [-0.15, -0.1) is 0 Å². The van der Waals surface area contributed by atoms with Gasteiger partial charge >= 0.3 is 0 Å². The summed E-state index contributed by atoms with van der Waals surface area (Å²) in [5, 5.41) is 7.26. The predicted octanol–water partition coefficient (Wildman–Crippen LogP) is 3.12. The Hall–Kier alpha value is -1.02. The van der Waals surface area contributed by atoms with E-state index in [2.05, 4.69) is 34.9 Å². The van der Waals surface area contributed by atoms with Crippen LogP contribution in [0.15, 0.2) is 24.3 Å². The molecule has 0 aromatic heterocycles. The second-order valence-electron chi connectivity index (χ2n) is 5.41. The third kappa shape index (κ3) is 2.47. The van der Waals surface area contributed by atoms with Gasteiger partial charge in [0.25, 0.3) is 0 Å². The van der Waals surface area contributed by atoms with E-state index >= 15 is 0 Å². The lowest BCUT2D eigenvalue weighted by atomic mass is 9.94. The van der Waals surface area contributed by atoms with Gasteiger partial charge in [0.15, 0.2) is 0 Å². The molecule has 1 aliphatic carbocycles. The summed E-state index contributed by atoms with van der Waals surface area (Å²) in [5.41, 5.74) is 2.83. The van der Waals surface area contributed by atoms with E-state index in [1.807, 2.05) is 0 Å². The molecular weight excluding hydrogens is 208 g/mol. The molecule has 1 saturated carbocycles. The molecule has 2 nitrogen and oxygen atoms in total. The molecular formula is C15H22N2. The van der Waals surface area contributed by atoms with Crippen molar-refractivity contribution in [2.24, 2.45) is 0 Å². The molecule has 0 spiro atoms. The Morgan fingerprint density at radius 1 is 1.12 bits per heavy atom. The van der Waals surface area contributed by atoms with Crippen molar-refractivity contribution >= 4 is 5.69 Å². The van der Waals surface area contributed by atoms with Crippen LogP contribution >= 0.6 is 0 Å². The van der Waals surface area contributed by atoms with Crippen LogP contribution in [0.5, 0.6) is 0 Å². The number of hydrogen-bond acceptors (Lipinski definition) is 2. The van der Waals surface area contributed by atoms with Crippen molar-refractivity contribution in [3.8, 4) is 0 Å². The van der Waals surface area contributed by atoms with Crippen LogP contribution < -0.4 is 10.6 Å². The molecule has 1 heterocycles. The van der Waals surface area contributed by atoms with Crippen molar-refractivity contribution in [2.45, 2.75) is 44.1 Å². The molecule has 1 atom stereocenters. The van der Waals surface area contributed by atoms with Crippen LogP contribution in [0.3, 0.4) is 0 Å². The van der Waals surface area contributed by atoms with E-state index < -0.39 is 0 Å². The summed E-state index contributed by atoms with van der Waals surface area (Å²) >= 11 is 0. The van der Waals surface area contributed by atoms with Crippen LogP contribution in [-0.2, 0) is 0 Å². The summed E-state index contributed by atoms with van der Waals surface area (Å²) in [6, 6.07) is 9.50. The first-order valence-corrected chi connectivity index (χ1v) is 6.99. The molecule has 1 aromatic carbocycles. The molecule has 3 rings (SSSR count). The van der Waals surface area contributed by atoms with Crippen molar-refractivity contribution < 1.29 is 0 Å². The number of rotatable bonds is 3. The number of fused-ring (bicyclic) bond motifs is 1. The molecule has 2 heteroatoms. The van der Waals surface area contributed by atoms with Crippen LogP contribution in [0.2, 0.25) is 0 Å². The van der Waals surface area contributed by atoms with Crippen LogP contribution in [0.4, 0.5) is 5.69 Å². The van der Waals surface area contributed by atoms with E-state index in [1.165, 1.54) is 43.4 Å². The zero-order chi connectivity index (χ0) is 11.5. The van der Waals surface area contributed by atoms with E-state index in [-0.39, 0.29) is 0 Å². The van der Waals surface area contributed by atoms with Gasteiger partial charge in [0.05, 0.1) is 0 Å². The molecule has 1 aromatic rings. The fourth-order valence-electron chi connectivity index (χ4n) is 3.15. The molecule has 17 heavy (non-hydrogen) atoms. The Morgan fingerprint density at radius 2 is 1.94 bits per heavy atom. The maximum atomic E-state index is 3.76. The molecule has 2 aliphatic rings. The van der Waals surface area contributed by atoms with Gasteiger partial charge in [0.2, 0.25) is 0 Å². The molecule has 0 radical (unpaired) electrons. The normalized spacial score (nSPS) is 24.4. The summed E-state index contributed by atoms with van der Waals surface area (Å²) in [5.74, 6) is 0.660. The maximum absolute atomic E-state index is 3.76. The van der Waals surface area contributed by atoms with Gasteiger partial charge in [-0.1, -0.05) is 37.5 Å². The minimum atomic E-state index is 0.660. The van der Waals surface area contributed by atoms with E-state index in [0.29, 0.717) is 5.92 Å². The van der Waals surface area contributed by atoms with Gasteiger partial charge in [-0.2, -0.15) is 0 Å². The zero-order valence-electron chi connectivity index (χ0n) is 10.4. The van der Waals surface area contributed by atoms with E-state index in [4.69, 9.17) is 0 Å². The highest BCUT2D eigenvalue weighted by Crippen LogP contribution is 2.30. The largest absolute Gasteiger partial charge is 0.384 e. The Labute approximate surface area is 104 Å². The minimum absolute atomic E-state index is 0.660. The molecule has 0 saturated heterocycles. The topological polar surface area (TPSA) is 24.1 Å². The molecule has 0 amide bonds. The Kier molecular flexibility index (Phi) is 3.32. The third-order valence-corrected chi connectivity index (χ3v) is 4.20. The zero-order valence-corrected chi connectivity index (χ0v) is 10.4. The van der Waals surface area contributed by atoms with Crippen molar-refractivity contribution in [3.05, 3.63) is 29.8 Å². The Morgan fingerprint density at radius 3 is 2.82 bits per heavy atom. The molecule has 1 unspecified atom stereocenters. The second kappa shape index (κ2) is 5.09. The van der Waals surface area contributed by atoms with Crippen molar-refractivity contribution in [2.75, 3.05) is 18.4 Å². The van der Waals surface area contributed by atoms with Gasteiger partial charge in [-0.25, -0.2) is 0 Å². The first kappa shape index (κ1) is 11.1. The Bertz CT molecular complexity index is 369. The number of para-hydroxylation sites is 1. The fourth-order valence-corrected chi connectivity index (χ4v) is 3.15. The monoisotopic (exact) mass is 230 g/mol. The molecule has 92 valence electrons. The average Bonchev–Trinajstić information content (AvgIpc) is 2.81. The van der Waals surface area contributed by atoms with Crippen LogP contribution in [0.1, 0.15) is 43.6 Å². The number of anilines is 1. The van der Waals surface area contributed by atoms with Gasteiger partial charge in [-0.3, -0.25) is 0 Å². The van der Waals surface area contributed by atoms with Crippen molar-refractivity contribution in [1.29, 1.82) is 0 Å². The second-order valence-corrected chi connectivity index (χ2v) is 5.41. The number of benzene rings is 1. The van der Waals surface area contributed by atoms with Gasteiger partial charge in [0, 0.05) is 30.7 Å². The SMILES string of the molecule is c1ccc2c(c1)NCC2CNC1CCCCC1. The third-order valence-electron chi connectivity index (χ3n) is 4.20. The van der Waals surface area contributed by atoms with E-state index in [1.54, 1.807) is 0 Å². The lowest BCUT2D eigenvalue weighted by Gasteiger charge is -2.24. The smallest absolute Gasteiger partial charge is 0.0376 e. The van der Waals surface area contributed by atoms with Crippen molar-refractivity contribution in [3.63, 3.8) is 0 Å². The summed E-state index contributed by atoms with van der Waals surface area (Å²) in [7, 11) is 0. The highest BCUT2D eigenvalue weighted by molar-refractivity contribution is 5.57. The molecule has 1 fully saturated rings. The van der Waals surface area contributed by atoms with Crippen LogP contribution in [0, 0.1) is 0 Å². The summed E-state index contributed by atoms with van der Waals surface area (Å²) in [4.78, 5) is 0. The number of nitrogens with one attached hydrogen (secondary N) is 2. The van der Waals surface area contributed by atoms with Crippen molar-refractivity contribution in [1.82, 2.24) is 5.32 Å². The summed E-state index contributed by atoms with van der Waals surface area (Å²) < 4.78 is 0. The summed E-state index contributed by atoms with van der Waals surface area (Å²) in [6.07, 6.45) is 7.02. The minimum Gasteiger partial charge on any atom is -0.384 e. The van der Waals surface area contributed by atoms with Gasteiger partial charge in [0.1, 0.15) is 0 Å². The fraction of sp³-hybridized carbons (Fsp3) is 0.600. The highest BCUT2D eigenvalue weighted by Gasteiger charge is 2.22.